The molecule has 0 aliphatic heterocycles. The molecule has 0 spiro atoms. The number of hydrogen-bond acceptors (Lipinski definition) is 4. The van der Waals surface area contributed by atoms with Gasteiger partial charge in [0.25, 0.3) is 0 Å². The summed E-state index contributed by atoms with van der Waals surface area (Å²) in [6, 6.07) is 18.4. The van der Waals surface area contributed by atoms with E-state index >= 15 is 0 Å². The highest BCUT2D eigenvalue weighted by atomic mass is 16.5. The largest absolute Gasteiger partial charge is 0.494 e. The summed E-state index contributed by atoms with van der Waals surface area (Å²) in [5, 5.41) is 0. The molecule has 3 aromatic rings. The highest BCUT2D eigenvalue weighted by Gasteiger charge is 2.06. The van der Waals surface area contributed by atoms with Gasteiger partial charge in [-0.05, 0) is 50.8 Å². The molecule has 0 unspecified atom stereocenters. The van der Waals surface area contributed by atoms with Gasteiger partial charge < -0.3 is 14.4 Å². The van der Waals surface area contributed by atoms with Crippen molar-refractivity contribution in [1.82, 2.24) is 9.88 Å². The Balaban J connectivity index is 1.71. The lowest BCUT2D eigenvalue weighted by molar-refractivity contribution is 0.295. The van der Waals surface area contributed by atoms with Gasteiger partial charge in [-0.2, -0.15) is 0 Å². The molecule has 1 heterocycles. The van der Waals surface area contributed by atoms with Crippen molar-refractivity contribution in [2.24, 2.45) is 0 Å². The minimum atomic E-state index is 0.488. The second-order valence-electron chi connectivity index (χ2n) is 6.67. The molecule has 0 bridgehead atoms. The van der Waals surface area contributed by atoms with E-state index in [4.69, 9.17) is 9.47 Å². The van der Waals surface area contributed by atoms with Crippen LogP contribution in [-0.2, 0) is 13.2 Å². The van der Waals surface area contributed by atoms with Crippen LogP contribution in [0.5, 0.6) is 11.5 Å². The molecular formula is C23H26N2O2. The minimum Gasteiger partial charge on any atom is -0.494 e. The maximum Gasteiger partial charge on any atom is 0.124 e. The summed E-state index contributed by atoms with van der Waals surface area (Å²) >= 11 is 0. The molecule has 0 N–H and O–H groups in total. The summed E-state index contributed by atoms with van der Waals surface area (Å²) in [5.41, 5.74) is 4.40. The molecule has 27 heavy (non-hydrogen) atoms. The zero-order valence-corrected chi connectivity index (χ0v) is 16.2. The molecule has 0 atom stereocenters. The Labute approximate surface area is 161 Å². The van der Waals surface area contributed by atoms with Crippen molar-refractivity contribution < 1.29 is 9.47 Å². The van der Waals surface area contributed by atoms with Crippen LogP contribution in [0.3, 0.4) is 0 Å². The van der Waals surface area contributed by atoms with E-state index in [0.29, 0.717) is 13.2 Å². The van der Waals surface area contributed by atoms with Crippen molar-refractivity contribution in [1.29, 1.82) is 0 Å². The van der Waals surface area contributed by atoms with Crippen molar-refractivity contribution >= 4 is 0 Å². The van der Waals surface area contributed by atoms with Crippen LogP contribution in [0, 0.1) is 0 Å². The fourth-order valence-electron chi connectivity index (χ4n) is 2.91. The number of nitrogens with zero attached hydrogens (tertiary/aromatic N) is 2. The molecule has 0 aliphatic carbocycles. The van der Waals surface area contributed by atoms with Gasteiger partial charge in [-0.25, -0.2) is 0 Å². The topological polar surface area (TPSA) is 34.6 Å². The van der Waals surface area contributed by atoms with Crippen LogP contribution in [0.1, 0.15) is 18.1 Å². The van der Waals surface area contributed by atoms with Gasteiger partial charge in [-0.3, -0.25) is 4.98 Å². The van der Waals surface area contributed by atoms with E-state index in [1.54, 1.807) is 0 Å². The van der Waals surface area contributed by atoms with Crippen LogP contribution < -0.4 is 9.47 Å². The first-order chi connectivity index (χ1) is 13.2. The third kappa shape index (κ3) is 5.31. The van der Waals surface area contributed by atoms with E-state index in [1.807, 2.05) is 49.6 Å². The molecule has 0 radical (unpaired) electrons. The summed E-state index contributed by atoms with van der Waals surface area (Å²) in [6.45, 7) is 3.99. The van der Waals surface area contributed by atoms with E-state index in [2.05, 4.69) is 48.2 Å². The predicted molar refractivity (Wildman–Crippen MR) is 109 cm³/mol. The summed E-state index contributed by atoms with van der Waals surface area (Å²) in [4.78, 5) is 6.52. The number of para-hydroxylation sites is 1. The molecule has 140 valence electrons. The standard InChI is InChI=1S/C23H26N2O2/c1-4-26-22-11-9-19(10-12-22)21-13-18(14-24-15-21)17-27-23-8-6-5-7-20(23)16-25(2)3/h5-15H,4,16-17H2,1-3H3. The molecule has 1 aromatic heterocycles. The van der Waals surface area contributed by atoms with E-state index in [9.17, 15) is 0 Å². The third-order valence-electron chi connectivity index (χ3n) is 4.15. The first-order valence-electron chi connectivity index (χ1n) is 9.18. The number of pyridine rings is 1. The second-order valence-corrected chi connectivity index (χ2v) is 6.67. The van der Waals surface area contributed by atoms with Crippen LogP contribution in [0.4, 0.5) is 0 Å². The average molecular weight is 362 g/mol. The maximum absolute atomic E-state index is 6.08. The van der Waals surface area contributed by atoms with Crippen molar-refractivity contribution in [3.8, 4) is 22.6 Å². The summed E-state index contributed by atoms with van der Waals surface area (Å²) in [5.74, 6) is 1.80. The number of ether oxygens (including phenoxy) is 2. The molecule has 2 aromatic carbocycles. The molecule has 0 saturated heterocycles. The van der Waals surface area contributed by atoms with Crippen LogP contribution in [0.15, 0.2) is 67.0 Å². The summed E-state index contributed by atoms with van der Waals surface area (Å²) in [6.07, 6.45) is 3.73. The SMILES string of the molecule is CCOc1ccc(-c2cncc(COc3ccccc3CN(C)C)c2)cc1. The van der Waals surface area contributed by atoms with Gasteiger partial charge in [0.05, 0.1) is 6.61 Å². The van der Waals surface area contributed by atoms with Crippen LogP contribution in [0.2, 0.25) is 0 Å². The van der Waals surface area contributed by atoms with Gasteiger partial charge in [0.15, 0.2) is 0 Å². The van der Waals surface area contributed by atoms with E-state index in [0.717, 1.165) is 34.7 Å². The average Bonchev–Trinajstić information content (AvgIpc) is 2.68. The Kier molecular flexibility index (Phi) is 6.44. The lowest BCUT2D eigenvalue weighted by atomic mass is 10.1. The summed E-state index contributed by atoms with van der Waals surface area (Å²) in [7, 11) is 4.11. The monoisotopic (exact) mass is 362 g/mol. The van der Waals surface area contributed by atoms with Gasteiger partial charge in [0.1, 0.15) is 18.1 Å². The number of aromatic nitrogens is 1. The Morgan fingerprint density at radius 3 is 2.41 bits per heavy atom. The Morgan fingerprint density at radius 1 is 0.889 bits per heavy atom. The normalized spacial score (nSPS) is 10.8. The molecule has 0 amide bonds. The molecular weight excluding hydrogens is 336 g/mol. The van der Waals surface area contributed by atoms with Crippen molar-refractivity contribution in [2.75, 3.05) is 20.7 Å². The third-order valence-corrected chi connectivity index (χ3v) is 4.15. The fraction of sp³-hybridized carbons (Fsp3) is 0.261. The van der Waals surface area contributed by atoms with Crippen molar-refractivity contribution in [3.63, 3.8) is 0 Å². The molecule has 0 fully saturated rings. The Morgan fingerprint density at radius 2 is 1.67 bits per heavy atom. The van der Waals surface area contributed by atoms with E-state index < -0.39 is 0 Å². The second kappa shape index (κ2) is 9.19. The molecule has 4 heteroatoms. The number of benzene rings is 2. The first-order valence-corrected chi connectivity index (χ1v) is 9.18. The highest BCUT2D eigenvalue weighted by molar-refractivity contribution is 5.63. The lowest BCUT2D eigenvalue weighted by Gasteiger charge is -2.15. The summed E-state index contributed by atoms with van der Waals surface area (Å²) < 4.78 is 11.6. The van der Waals surface area contributed by atoms with Gasteiger partial charge >= 0.3 is 0 Å². The van der Waals surface area contributed by atoms with E-state index in [1.165, 1.54) is 5.56 Å². The van der Waals surface area contributed by atoms with E-state index in [-0.39, 0.29) is 0 Å². The Hall–Kier alpha value is -2.85. The maximum atomic E-state index is 6.08. The first kappa shape index (κ1) is 18.9. The van der Waals surface area contributed by atoms with Gasteiger partial charge in [0, 0.05) is 35.6 Å². The smallest absolute Gasteiger partial charge is 0.124 e. The predicted octanol–water partition coefficient (Wildman–Crippen LogP) is 4.79. The number of hydrogen-bond donors (Lipinski definition) is 0. The molecule has 0 saturated carbocycles. The minimum absolute atomic E-state index is 0.488. The molecule has 0 aliphatic rings. The molecule has 3 rings (SSSR count). The van der Waals surface area contributed by atoms with Gasteiger partial charge in [-0.1, -0.05) is 30.3 Å². The van der Waals surface area contributed by atoms with Gasteiger partial charge in [0.2, 0.25) is 0 Å². The zero-order valence-electron chi connectivity index (χ0n) is 16.2. The zero-order chi connectivity index (χ0) is 19.1. The van der Waals surface area contributed by atoms with Crippen LogP contribution in [0.25, 0.3) is 11.1 Å². The van der Waals surface area contributed by atoms with Crippen molar-refractivity contribution in [2.45, 2.75) is 20.1 Å². The Bertz CT molecular complexity index is 860. The fourth-order valence-corrected chi connectivity index (χ4v) is 2.91. The van der Waals surface area contributed by atoms with Crippen LogP contribution in [-0.4, -0.2) is 30.6 Å². The lowest BCUT2D eigenvalue weighted by Crippen LogP contribution is -2.11. The highest BCUT2D eigenvalue weighted by Crippen LogP contribution is 2.24. The van der Waals surface area contributed by atoms with Crippen molar-refractivity contribution in [3.05, 3.63) is 78.1 Å². The molecule has 4 nitrogen and oxygen atoms in total. The van der Waals surface area contributed by atoms with Crippen LogP contribution >= 0.6 is 0 Å². The quantitative estimate of drug-likeness (QED) is 0.577. The number of rotatable bonds is 8. The van der Waals surface area contributed by atoms with Gasteiger partial charge in [-0.15, -0.1) is 0 Å².